The largest absolute Gasteiger partial charge is 0.435 e. The minimum Gasteiger partial charge on any atom is -0.435 e. The summed E-state index contributed by atoms with van der Waals surface area (Å²) in [6, 6.07) is 8.31. The molecule has 0 aromatic heterocycles. The van der Waals surface area contributed by atoms with Crippen molar-refractivity contribution in [2.45, 2.75) is 17.7 Å². The number of carbonyl (C=O) groups is 1. The highest BCUT2D eigenvalue weighted by Crippen LogP contribution is 2.30. The first-order valence-corrected chi connectivity index (χ1v) is 10.4. The first-order chi connectivity index (χ1) is 14.5. The van der Waals surface area contributed by atoms with Crippen molar-refractivity contribution in [3.63, 3.8) is 0 Å². The molecule has 1 aliphatic heterocycles. The maximum Gasteiger partial charge on any atom is 0.416 e. The smallest absolute Gasteiger partial charge is 0.416 e. The third kappa shape index (κ3) is 5.31. The summed E-state index contributed by atoms with van der Waals surface area (Å²) in [5, 5.41) is 0. The van der Waals surface area contributed by atoms with Gasteiger partial charge in [0.05, 0.1) is 10.5 Å². The molecule has 0 spiro atoms. The Bertz CT molecular complexity index is 1020. The van der Waals surface area contributed by atoms with Crippen LogP contribution in [-0.2, 0) is 16.2 Å². The molecule has 1 heterocycles. The van der Waals surface area contributed by atoms with Crippen LogP contribution in [0.5, 0.6) is 5.75 Å². The number of piperazine rings is 1. The molecule has 0 unspecified atom stereocenters. The van der Waals surface area contributed by atoms with E-state index in [0.29, 0.717) is 12.1 Å². The molecule has 3 rings (SSSR count). The number of alkyl halides is 5. The predicted molar refractivity (Wildman–Crippen MR) is 99.2 cm³/mol. The third-order valence-corrected chi connectivity index (χ3v) is 6.58. The van der Waals surface area contributed by atoms with Crippen LogP contribution in [0.3, 0.4) is 0 Å². The Labute approximate surface area is 174 Å². The van der Waals surface area contributed by atoms with Gasteiger partial charge in [0.15, 0.2) is 0 Å². The average molecular weight is 464 g/mol. The van der Waals surface area contributed by atoms with Crippen molar-refractivity contribution in [2.24, 2.45) is 0 Å². The number of hydrogen-bond acceptors (Lipinski definition) is 4. The number of carbonyl (C=O) groups excluding carboxylic acids is 1. The van der Waals surface area contributed by atoms with Crippen LogP contribution in [-0.4, -0.2) is 56.3 Å². The molecule has 31 heavy (non-hydrogen) atoms. The molecule has 1 amide bonds. The van der Waals surface area contributed by atoms with Crippen molar-refractivity contribution in [1.29, 1.82) is 0 Å². The van der Waals surface area contributed by atoms with E-state index in [9.17, 15) is 35.2 Å². The summed E-state index contributed by atoms with van der Waals surface area (Å²) in [6.45, 7) is -2.94. The minimum absolute atomic E-state index is 0.0400. The Morgan fingerprint density at radius 2 is 1.45 bits per heavy atom. The summed E-state index contributed by atoms with van der Waals surface area (Å²) < 4.78 is 93.1. The third-order valence-electron chi connectivity index (χ3n) is 4.67. The molecule has 168 valence electrons. The van der Waals surface area contributed by atoms with Gasteiger partial charge in [-0.3, -0.25) is 4.79 Å². The number of benzene rings is 2. The monoisotopic (exact) mass is 464 g/mol. The molecule has 0 atom stereocenters. The van der Waals surface area contributed by atoms with E-state index in [1.54, 1.807) is 0 Å². The van der Waals surface area contributed by atoms with Gasteiger partial charge in [0.1, 0.15) is 5.75 Å². The maximum absolute atomic E-state index is 12.7. The lowest BCUT2D eigenvalue weighted by atomic mass is 10.2. The second-order valence-corrected chi connectivity index (χ2v) is 8.56. The van der Waals surface area contributed by atoms with Gasteiger partial charge >= 0.3 is 12.8 Å². The van der Waals surface area contributed by atoms with E-state index in [-0.39, 0.29) is 42.4 Å². The number of hydrogen-bond donors (Lipinski definition) is 0. The van der Waals surface area contributed by atoms with Crippen molar-refractivity contribution in [3.8, 4) is 5.75 Å². The highest BCUT2D eigenvalue weighted by molar-refractivity contribution is 7.89. The summed E-state index contributed by atoms with van der Waals surface area (Å²) >= 11 is 0. The van der Waals surface area contributed by atoms with Gasteiger partial charge in [0.2, 0.25) is 10.0 Å². The van der Waals surface area contributed by atoms with Crippen LogP contribution in [0.4, 0.5) is 22.0 Å². The molecule has 1 fully saturated rings. The highest BCUT2D eigenvalue weighted by atomic mass is 32.2. The van der Waals surface area contributed by atoms with Crippen molar-refractivity contribution in [1.82, 2.24) is 9.21 Å². The molecule has 0 N–H and O–H groups in total. The Balaban J connectivity index is 1.63. The number of rotatable bonds is 5. The fraction of sp³-hybridized carbons (Fsp3) is 0.316. The zero-order chi connectivity index (χ0) is 22.8. The van der Waals surface area contributed by atoms with Crippen LogP contribution in [0, 0.1) is 0 Å². The van der Waals surface area contributed by atoms with E-state index >= 15 is 0 Å². The Morgan fingerprint density at radius 3 is 1.94 bits per heavy atom. The molecular formula is C19H17F5N2O4S. The predicted octanol–water partition coefficient (Wildman–Crippen LogP) is 3.45. The number of ether oxygens (including phenoxy) is 1. The van der Waals surface area contributed by atoms with Crippen molar-refractivity contribution >= 4 is 15.9 Å². The summed E-state index contributed by atoms with van der Waals surface area (Å²) in [5.41, 5.74) is -0.729. The molecule has 1 aliphatic rings. The molecule has 6 nitrogen and oxygen atoms in total. The standard InChI is InChI=1S/C19H17F5N2O4S/c20-18(21)30-15-5-1-13(2-6-15)17(27)25-9-11-26(12-10-25)31(28,29)16-7-3-14(4-8-16)19(22,23)24/h1-8,18H,9-12H2. The molecular weight excluding hydrogens is 447 g/mol. The molecule has 0 aliphatic carbocycles. The molecule has 2 aromatic rings. The van der Waals surface area contributed by atoms with Crippen molar-refractivity contribution in [3.05, 3.63) is 59.7 Å². The number of nitrogens with zero attached hydrogens (tertiary/aromatic N) is 2. The van der Waals surface area contributed by atoms with Gasteiger partial charge in [0, 0.05) is 31.7 Å². The van der Waals surface area contributed by atoms with E-state index in [1.165, 1.54) is 29.2 Å². The second kappa shape index (κ2) is 8.79. The molecule has 0 saturated carbocycles. The van der Waals surface area contributed by atoms with Gasteiger partial charge in [-0.2, -0.15) is 26.3 Å². The van der Waals surface area contributed by atoms with Gasteiger partial charge in [-0.05, 0) is 48.5 Å². The molecule has 1 saturated heterocycles. The minimum atomic E-state index is -4.57. The first-order valence-electron chi connectivity index (χ1n) is 9.00. The van der Waals surface area contributed by atoms with Crippen LogP contribution in [0.1, 0.15) is 15.9 Å². The van der Waals surface area contributed by atoms with E-state index in [2.05, 4.69) is 4.74 Å². The topological polar surface area (TPSA) is 66.9 Å². The first kappa shape index (κ1) is 22.9. The van der Waals surface area contributed by atoms with Crippen LogP contribution >= 0.6 is 0 Å². The zero-order valence-corrected chi connectivity index (χ0v) is 16.7. The van der Waals surface area contributed by atoms with Crippen LogP contribution < -0.4 is 4.74 Å². The molecule has 2 aromatic carbocycles. The number of amides is 1. The highest BCUT2D eigenvalue weighted by Gasteiger charge is 2.33. The van der Waals surface area contributed by atoms with Crippen LogP contribution in [0.25, 0.3) is 0 Å². The lowest BCUT2D eigenvalue weighted by Crippen LogP contribution is -2.50. The molecule has 0 bridgehead atoms. The zero-order valence-electron chi connectivity index (χ0n) is 15.9. The van der Waals surface area contributed by atoms with Gasteiger partial charge in [0.25, 0.3) is 5.91 Å². The van der Waals surface area contributed by atoms with Crippen LogP contribution in [0.2, 0.25) is 0 Å². The average Bonchev–Trinajstić information content (AvgIpc) is 2.73. The van der Waals surface area contributed by atoms with E-state index in [0.717, 1.165) is 16.4 Å². The number of sulfonamides is 1. The van der Waals surface area contributed by atoms with E-state index in [1.807, 2.05) is 0 Å². The Morgan fingerprint density at radius 1 is 0.903 bits per heavy atom. The Kier molecular flexibility index (Phi) is 6.51. The quantitative estimate of drug-likeness (QED) is 0.636. The molecule has 12 heteroatoms. The Hall–Kier alpha value is -2.73. The lowest BCUT2D eigenvalue weighted by molar-refractivity contribution is -0.137. The van der Waals surface area contributed by atoms with Gasteiger partial charge in [-0.1, -0.05) is 0 Å². The second-order valence-electron chi connectivity index (χ2n) is 6.62. The molecule has 0 radical (unpaired) electrons. The SMILES string of the molecule is O=C(c1ccc(OC(F)F)cc1)N1CCN(S(=O)(=O)c2ccc(C(F)(F)F)cc2)CC1. The van der Waals surface area contributed by atoms with E-state index in [4.69, 9.17) is 0 Å². The lowest BCUT2D eigenvalue weighted by Gasteiger charge is -2.34. The van der Waals surface area contributed by atoms with Crippen LogP contribution in [0.15, 0.2) is 53.4 Å². The van der Waals surface area contributed by atoms with Gasteiger partial charge in [-0.15, -0.1) is 0 Å². The summed E-state index contributed by atoms with van der Waals surface area (Å²) in [7, 11) is -4.01. The van der Waals surface area contributed by atoms with Crippen molar-refractivity contribution in [2.75, 3.05) is 26.2 Å². The van der Waals surface area contributed by atoms with E-state index < -0.39 is 34.3 Å². The maximum atomic E-state index is 12.7. The summed E-state index contributed by atoms with van der Waals surface area (Å²) in [5.74, 6) is -0.505. The summed E-state index contributed by atoms with van der Waals surface area (Å²) in [6.07, 6.45) is -4.57. The normalized spacial score (nSPS) is 15.9. The van der Waals surface area contributed by atoms with Crippen molar-refractivity contribution < 1.29 is 39.9 Å². The fourth-order valence-corrected chi connectivity index (χ4v) is 4.48. The van der Waals surface area contributed by atoms with Gasteiger partial charge < -0.3 is 9.64 Å². The fourth-order valence-electron chi connectivity index (χ4n) is 3.06. The number of halogens is 5. The summed E-state index contributed by atoms with van der Waals surface area (Å²) in [4.78, 5) is 13.7. The van der Waals surface area contributed by atoms with Gasteiger partial charge in [-0.25, -0.2) is 8.42 Å².